The average molecular weight is 413 g/mol. The molecule has 0 aromatic rings. The number of fused-ring (bicyclic) bond motifs is 5. The van der Waals surface area contributed by atoms with Crippen LogP contribution in [0.5, 0.6) is 0 Å². The lowest BCUT2D eigenvalue weighted by Gasteiger charge is -2.58. The summed E-state index contributed by atoms with van der Waals surface area (Å²) in [7, 11) is 2.13. The SMILES string of the molecule is CN[C@@H]1CC[C@@]2(C)C(=CC[C@H]3[C@@H]4CC[C@H]([C@H](C)NC(=O)C=C(C)C)[C@@]4(C)CC[C@@H]32)C1. The Morgan fingerprint density at radius 3 is 2.60 bits per heavy atom. The molecule has 0 unspecified atom stereocenters. The molecule has 4 aliphatic rings. The zero-order chi connectivity index (χ0) is 21.7. The maximum absolute atomic E-state index is 12.4. The summed E-state index contributed by atoms with van der Waals surface area (Å²) in [4.78, 5) is 12.4. The van der Waals surface area contributed by atoms with Crippen molar-refractivity contribution in [1.82, 2.24) is 10.6 Å². The van der Waals surface area contributed by atoms with Gasteiger partial charge in [0, 0.05) is 18.2 Å². The molecule has 4 rings (SSSR count). The lowest BCUT2D eigenvalue weighted by molar-refractivity contribution is -0.118. The molecule has 0 aromatic carbocycles. The molecule has 0 aromatic heterocycles. The van der Waals surface area contributed by atoms with Gasteiger partial charge in [0.2, 0.25) is 5.91 Å². The Morgan fingerprint density at radius 2 is 1.90 bits per heavy atom. The number of carbonyl (C=O) groups excluding carboxylic acids is 1. The molecule has 3 heteroatoms. The highest BCUT2D eigenvalue weighted by atomic mass is 16.1. The first kappa shape index (κ1) is 22.1. The molecule has 168 valence electrons. The maximum atomic E-state index is 12.4. The molecule has 0 saturated heterocycles. The monoisotopic (exact) mass is 412 g/mol. The summed E-state index contributed by atoms with van der Waals surface area (Å²) >= 11 is 0. The van der Waals surface area contributed by atoms with E-state index in [2.05, 4.69) is 44.5 Å². The van der Waals surface area contributed by atoms with Crippen LogP contribution in [-0.4, -0.2) is 25.0 Å². The first-order valence-electron chi connectivity index (χ1n) is 12.5. The van der Waals surface area contributed by atoms with Crippen molar-refractivity contribution in [2.24, 2.45) is 34.5 Å². The Balaban J connectivity index is 1.52. The summed E-state index contributed by atoms with van der Waals surface area (Å²) in [6.45, 7) is 11.4. The quantitative estimate of drug-likeness (QED) is 0.464. The van der Waals surface area contributed by atoms with E-state index in [1.165, 1.54) is 51.4 Å². The maximum Gasteiger partial charge on any atom is 0.244 e. The second-order valence-corrected chi connectivity index (χ2v) is 11.7. The zero-order valence-electron chi connectivity index (χ0n) is 20.2. The van der Waals surface area contributed by atoms with Crippen molar-refractivity contribution in [2.45, 2.75) is 98.1 Å². The van der Waals surface area contributed by atoms with E-state index >= 15 is 0 Å². The molecule has 3 saturated carbocycles. The molecule has 0 radical (unpaired) electrons. The standard InChI is InChI=1S/C27H44N2O/c1-17(2)15-25(30)29-18(3)22-9-10-23-21-8-7-19-16-20(28-6)11-13-26(19,4)24(21)12-14-27(22,23)5/h7,15,18,20-24,28H,8-14,16H2,1-6H3,(H,29,30)/t18-,20+,21-,22+,23-,24-,26-,27+/m0/s1. The van der Waals surface area contributed by atoms with E-state index in [0.29, 0.717) is 22.8 Å². The van der Waals surface area contributed by atoms with Crippen LogP contribution in [0.15, 0.2) is 23.3 Å². The van der Waals surface area contributed by atoms with Crippen molar-refractivity contribution in [3.05, 3.63) is 23.3 Å². The molecule has 3 fully saturated rings. The first-order chi connectivity index (χ1) is 14.2. The van der Waals surface area contributed by atoms with E-state index in [4.69, 9.17) is 0 Å². The van der Waals surface area contributed by atoms with Gasteiger partial charge in [-0.05, 0) is 114 Å². The minimum Gasteiger partial charge on any atom is -0.350 e. The lowest BCUT2D eigenvalue weighted by Crippen LogP contribution is -2.53. The Morgan fingerprint density at radius 1 is 1.13 bits per heavy atom. The summed E-state index contributed by atoms with van der Waals surface area (Å²) in [5, 5.41) is 6.85. The van der Waals surface area contributed by atoms with Crippen LogP contribution >= 0.6 is 0 Å². The molecule has 8 atom stereocenters. The number of allylic oxidation sites excluding steroid dienone is 2. The number of nitrogens with one attached hydrogen (secondary N) is 2. The van der Waals surface area contributed by atoms with Crippen LogP contribution in [0.2, 0.25) is 0 Å². The van der Waals surface area contributed by atoms with Crippen molar-refractivity contribution in [1.29, 1.82) is 0 Å². The van der Waals surface area contributed by atoms with Crippen molar-refractivity contribution in [2.75, 3.05) is 7.05 Å². The van der Waals surface area contributed by atoms with E-state index in [0.717, 1.165) is 23.3 Å². The molecule has 0 aliphatic heterocycles. The van der Waals surface area contributed by atoms with E-state index in [-0.39, 0.29) is 11.9 Å². The van der Waals surface area contributed by atoms with Gasteiger partial charge in [-0.15, -0.1) is 0 Å². The zero-order valence-corrected chi connectivity index (χ0v) is 20.2. The van der Waals surface area contributed by atoms with Crippen LogP contribution in [0.4, 0.5) is 0 Å². The number of rotatable bonds is 4. The van der Waals surface area contributed by atoms with Crippen molar-refractivity contribution in [3.8, 4) is 0 Å². The van der Waals surface area contributed by atoms with Crippen molar-refractivity contribution < 1.29 is 4.79 Å². The minimum atomic E-state index is 0.0854. The fraction of sp³-hybridized carbons (Fsp3) is 0.815. The van der Waals surface area contributed by atoms with Crippen LogP contribution < -0.4 is 10.6 Å². The van der Waals surface area contributed by atoms with Gasteiger partial charge in [-0.3, -0.25) is 4.79 Å². The van der Waals surface area contributed by atoms with Crippen LogP contribution in [0.1, 0.15) is 86.0 Å². The van der Waals surface area contributed by atoms with E-state index < -0.39 is 0 Å². The van der Waals surface area contributed by atoms with Crippen LogP contribution in [0.25, 0.3) is 0 Å². The Labute approximate surface area is 184 Å². The Kier molecular flexibility index (Phi) is 5.98. The molecule has 1 amide bonds. The smallest absolute Gasteiger partial charge is 0.244 e. The average Bonchev–Trinajstić information content (AvgIpc) is 3.04. The van der Waals surface area contributed by atoms with Gasteiger partial charge < -0.3 is 10.6 Å². The second-order valence-electron chi connectivity index (χ2n) is 11.7. The van der Waals surface area contributed by atoms with Gasteiger partial charge in [-0.25, -0.2) is 0 Å². The first-order valence-corrected chi connectivity index (χ1v) is 12.5. The molecular formula is C27H44N2O. The fourth-order valence-corrected chi connectivity index (χ4v) is 8.40. The predicted molar refractivity (Wildman–Crippen MR) is 125 cm³/mol. The molecule has 0 heterocycles. The number of amides is 1. The fourth-order valence-electron chi connectivity index (χ4n) is 8.40. The normalized spacial score (nSPS) is 43.5. The largest absolute Gasteiger partial charge is 0.350 e. The van der Waals surface area contributed by atoms with Gasteiger partial charge in [-0.2, -0.15) is 0 Å². The molecule has 0 bridgehead atoms. The third kappa shape index (κ3) is 3.59. The van der Waals surface area contributed by atoms with Crippen LogP contribution in [0, 0.1) is 34.5 Å². The molecule has 30 heavy (non-hydrogen) atoms. The predicted octanol–water partition coefficient (Wildman–Crippen LogP) is 5.62. The summed E-state index contributed by atoms with van der Waals surface area (Å²) in [6.07, 6.45) is 15.0. The third-order valence-corrected chi connectivity index (χ3v) is 9.98. The highest BCUT2D eigenvalue weighted by Gasteiger charge is 2.59. The molecule has 3 nitrogen and oxygen atoms in total. The van der Waals surface area contributed by atoms with Gasteiger partial charge in [0.1, 0.15) is 0 Å². The summed E-state index contributed by atoms with van der Waals surface area (Å²) in [5.41, 5.74) is 3.64. The summed E-state index contributed by atoms with van der Waals surface area (Å²) in [6, 6.07) is 0.937. The van der Waals surface area contributed by atoms with Gasteiger partial charge in [0.15, 0.2) is 0 Å². The Hall–Kier alpha value is -1.09. The van der Waals surface area contributed by atoms with E-state index in [1.807, 2.05) is 13.8 Å². The second kappa shape index (κ2) is 8.11. The number of carbonyl (C=O) groups is 1. The lowest BCUT2D eigenvalue weighted by atomic mass is 9.47. The Bertz CT molecular complexity index is 735. The van der Waals surface area contributed by atoms with Gasteiger partial charge >= 0.3 is 0 Å². The highest BCUT2D eigenvalue weighted by molar-refractivity contribution is 5.88. The summed E-state index contributed by atoms with van der Waals surface area (Å²) < 4.78 is 0. The summed E-state index contributed by atoms with van der Waals surface area (Å²) in [5.74, 6) is 3.22. The number of hydrogen-bond donors (Lipinski definition) is 2. The topological polar surface area (TPSA) is 41.1 Å². The highest BCUT2D eigenvalue weighted by Crippen LogP contribution is 2.66. The van der Waals surface area contributed by atoms with Crippen molar-refractivity contribution in [3.63, 3.8) is 0 Å². The third-order valence-electron chi connectivity index (χ3n) is 9.98. The number of hydrogen-bond acceptors (Lipinski definition) is 2. The van der Waals surface area contributed by atoms with Gasteiger partial charge in [-0.1, -0.05) is 31.1 Å². The molecule has 4 aliphatic carbocycles. The molecular weight excluding hydrogens is 368 g/mol. The molecule has 0 spiro atoms. The molecule has 2 N–H and O–H groups in total. The van der Waals surface area contributed by atoms with E-state index in [9.17, 15) is 4.79 Å². The van der Waals surface area contributed by atoms with E-state index in [1.54, 1.807) is 11.6 Å². The minimum absolute atomic E-state index is 0.0854. The van der Waals surface area contributed by atoms with Gasteiger partial charge in [0.25, 0.3) is 0 Å². The van der Waals surface area contributed by atoms with Crippen LogP contribution in [0.3, 0.4) is 0 Å². The van der Waals surface area contributed by atoms with Crippen molar-refractivity contribution >= 4 is 5.91 Å². The van der Waals surface area contributed by atoms with Gasteiger partial charge in [0.05, 0.1) is 0 Å². The van der Waals surface area contributed by atoms with Crippen LogP contribution in [-0.2, 0) is 4.79 Å².